The summed E-state index contributed by atoms with van der Waals surface area (Å²) in [4.78, 5) is 11.0. The van der Waals surface area contributed by atoms with E-state index in [-0.39, 0.29) is 5.88 Å². The van der Waals surface area contributed by atoms with Crippen LogP contribution in [0.5, 0.6) is 0 Å². The summed E-state index contributed by atoms with van der Waals surface area (Å²) in [6.45, 7) is 1.81. The fourth-order valence-corrected chi connectivity index (χ4v) is 1.66. The molecule has 0 aromatic heterocycles. The molecule has 0 radical (unpaired) electrons. The first-order valence-corrected chi connectivity index (χ1v) is 5.21. The summed E-state index contributed by atoms with van der Waals surface area (Å²) in [5.41, 5.74) is 1.54. The Bertz CT molecular complexity index is 327. The third-order valence-electron chi connectivity index (χ3n) is 2.44. The highest BCUT2D eigenvalue weighted by molar-refractivity contribution is 6.26. The number of carbonyl (C=O) groups excluding carboxylic acids is 1. The van der Waals surface area contributed by atoms with E-state index < -0.39 is 18.2 Å². The van der Waals surface area contributed by atoms with Gasteiger partial charge in [-0.2, -0.15) is 0 Å². The Kier molecular flexibility index (Phi) is 4.19. The molecule has 15 heavy (non-hydrogen) atoms. The van der Waals surface area contributed by atoms with Gasteiger partial charge in [0.1, 0.15) is 12.0 Å². The molecule has 4 heteroatoms. The van der Waals surface area contributed by atoms with Crippen LogP contribution in [0.1, 0.15) is 19.8 Å². The molecule has 0 unspecified atom stereocenters. The molecule has 0 fully saturated rings. The van der Waals surface area contributed by atoms with Gasteiger partial charge in [-0.1, -0.05) is 5.92 Å². The van der Waals surface area contributed by atoms with Gasteiger partial charge in [0, 0.05) is 18.4 Å². The molecule has 1 aliphatic carbocycles. The second-order valence-electron chi connectivity index (χ2n) is 3.51. The quantitative estimate of drug-likeness (QED) is 0.440. The lowest BCUT2D eigenvalue weighted by Gasteiger charge is -2.27. The number of alkyl halides is 1. The number of ether oxygens (including phenoxy) is 1. The van der Waals surface area contributed by atoms with Crippen LogP contribution < -0.4 is 0 Å². The molecule has 1 N–H and O–H groups in total. The third kappa shape index (κ3) is 2.98. The van der Waals surface area contributed by atoms with Gasteiger partial charge in [0.25, 0.3) is 0 Å². The highest BCUT2D eigenvalue weighted by atomic mass is 35.5. The van der Waals surface area contributed by atoms with Crippen LogP contribution in [-0.2, 0) is 9.53 Å². The van der Waals surface area contributed by atoms with Crippen LogP contribution in [0.2, 0.25) is 0 Å². The second kappa shape index (κ2) is 5.20. The number of hydrogen-bond acceptors (Lipinski definition) is 3. The first-order chi connectivity index (χ1) is 7.08. The van der Waals surface area contributed by atoms with Crippen molar-refractivity contribution in [3.8, 4) is 12.3 Å². The maximum Gasteiger partial charge on any atom is 0.321 e. The van der Waals surface area contributed by atoms with Gasteiger partial charge in [-0.25, -0.2) is 0 Å². The van der Waals surface area contributed by atoms with Crippen molar-refractivity contribution < 1.29 is 14.6 Å². The number of terminal acetylenes is 1. The van der Waals surface area contributed by atoms with Crippen LogP contribution >= 0.6 is 11.6 Å². The topological polar surface area (TPSA) is 46.5 Å². The number of esters is 1. The van der Waals surface area contributed by atoms with Crippen molar-refractivity contribution in [3.05, 3.63) is 11.1 Å². The van der Waals surface area contributed by atoms with E-state index in [4.69, 9.17) is 22.8 Å². The van der Waals surface area contributed by atoms with E-state index in [1.54, 1.807) is 0 Å². The average molecular weight is 229 g/mol. The van der Waals surface area contributed by atoms with E-state index in [0.717, 1.165) is 5.57 Å². The third-order valence-corrected chi connectivity index (χ3v) is 2.66. The fraction of sp³-hybridized carbons (Fsp3) is 0.545. The molecule has 0 aromatic rings. The van der Waals surface area contributed by atoms with Gasteiger partial charge in [-0.3, -0.25) is 4.79 Å². The summed E-state index contributed by atoms with van der Waals surface area (Å²) < 4.78 is 5.07. The van der Waals surface area contributed by atoms with Crippen molar-refractivity contribution in [2.45, 2.75) is 32.0 Å². The predicted octanol–water partition coefficient (Wildman–Crippen LogP) is 1.24. The zero-order valence-electron chi connectivity index (χ0n) is 8.50. The SMILES string of the molecule is C#CC1=C(C)[C@@H](OC(=O)CCl)C[C@H](O)C1. The highest BCUT2D eigenvalue weighted by Crippen LogP contribution is 2.27. The number of halogens is 1. The van der Waals surface area contributed by atoms with E-state index in [0.29, 0.717) is 18.4 Å². The minimum atomic E-state index is -0.548. The molecule has 0 bridgehead atoms. The smallest absolute Gasteiger partial charge is 0.321 e. The van der Waals surface area contributed by atoms with E-state index in [1.807, 2.05) is 6.92 Å². The maximum absolute atomic E-state index is 11.0. The highest BCUT2D eigenvalue weighted by Gasteiger charge is 2.27. The zero-order chi connectivity index (χ0) is 11.4. The Labute approximate surface area is 94.1 Å². The van der Waals surface area contributed by atoms with Crippen molar-refractivity contribution in [3.63, 3.8) is 0 Å². The molecule has 1 aliphatic rings. The molecule has 0 amide bonds. The van der Waals surface area contributed by atoms with Gasteiger partial charge in [0.15, 0.2) is 0 Å². The molecule has 2 atom stereocenters. The van der Waals surface area contributed by atoms with Crippen molar-refractivity contribution in [1.82, 2.24) is 0 Å². The Hall–Kier alpha value is -0.980. The molecule has 0 aromatic carbocycles. The van der Waals surface area contributed by atoms with E-state index in [1.165, 1.54) is 0 Å². The van der Waals surface area contributed by atoms with Gasteiger partial charge in [-0.05, 0) is 12.5 Å². The van der Waals surface area contributed by atoms with Gasteiger partial charge < -0.3 is 9.84 Å². The molecule has 82 valence electrons. The molecular weight excluding hydrogens is 216 g/mol. The van der Waals surface area contributed by atoms with Crippen molar-refractivity contribution >= 4 is 17.6 Å². The first kappa shape index (κ1) is 12.1. The first-order valence-electron chi connectivity index (χ1n) is 4.68. The largest absolute Gasteiger partial charge is 0.457 e. The number of aliphatic hydroxyl groups is 1. The zero-order valence-corrected chi connectivity index (χ0v) is 9.25. The molecule has 0 spiro atoms. The van der Waals surface area contributed by atoms with Crippen LogP contribution in [0.25, 0.3) is 0 Å². The van der Waals surface area contributed by atoms with Gasteiger partial charge in [-0.15, -0.1) is 18.0 Å². The van der Waals surface area contributed by atoms with Crippen LogP contribution in [0.15, 0.2) is 11.1 Å². The minimum Gasteiger partial charge on any atom is -0.457 e. The van der Waals surface area contributed by atoms with E-state index in [9.17, 15) is 9.90 Å². The maximum atomic E-state index is 11.0. The Morgan fingerprint density at radius 2 is 2.47 bits per heavy atom. The second-order valence-corrected chi connectivity index (χ2v) is 3.78. The minimum absolute atomic E-state index is 0.189. The van der Waals surface area contributed by atoms with Gasteiger partial charge in [0.2, 0.25) is 0 Å². The summed E-state index contributed by atoms with van der Waals surface area (Å²) in [5.74, 6) is 1.82. The lowest BCUT2D eigenvalue weighted by Crippen LogP contribution is -2.30. The molecular formula is C11H13ClO3. The van der Waals surface area contributed by atoms with Crippen molar-refractivity contribution in [1.29, 1.82) is 0 Å². The molecule has 0 heterocycles. The van der Waals surface area contributed by atoms with Crippen LogP contribution in [-0.4, -0.2) is 29.2 Å². The predicted molar refractivity (Wildman–Crippen MR) is 57.4 cm³/mol. The Balaban J connectivity index is 2.80. The van der Waals surface area contributed by atoms with Gasteiger partial charge >= 0.3 is 5.97 Å². The average Bonchev–Trinajstić information content (AvgIpc) is 2.22. The van der Waals surface area contributed by atoms with Gasteiger partial charge in [0.05, 0.1) is 6.10 Å². The van der Waals surface area contributed by atoms with Crippen molar-refractivity contribution in [2.75, 3.05) is 5.88 Å². The Morgan fingerprint density at radius 1 is 1.80 bits per heavy atom. The number of rotatable bonds is 2. The molecule has 0 saturated carbocycles. The fourth-order valence-electron chi connectivity index (χ4n) is 1.60. The van der Waals surface area contributed by atoms with E-state index >= 15 is 0 Å². The van der Waals surface area contributed by atoms with Crippen LogP contribution in [0.4, 0.5) is 0 Å². The molecule has 3 nitrogen and oxygen atoms in total. The Morgan fingerprint density at radius 3 is 3.00 bits per heavy atom. The normalized spacial score (nSPS) is 26.0. The number of aliphatic hydroxyl groups excluding tert-OH is 1. The summed E-state index contributed by atoms with van der Waals surface area (Å²) in [6, 6.07) is 0. The summed E-state index contributed by atoms with van der Waals surface area (Å²) in [6.07, 6.45) is 5.15. The van der Waals surface area contributed by atoms with Crippen LogP contribution in [0, 0.1) is 12.3 Å². The standard InChI is InChI=1S/C11H13ClO3/c1-3-8-4-9(13)5-10(7(8)2)15-11(14)6-12/h1,9-10,13H,4-6H2,2H3/t9-,10+/m1/s1. The summed E-state index contributed by atoms with van der Waals surface area (Å²) in [5, 5.41) is 9.53. The van der Waals surface area contributed by atoms with E-state index in [2.05, 4.69) is 5.92 Å². The van der Waals surface area contributed by atoms with Crippen molar-refractivity contribution in [2.24, 2.45) is 0 Å². The lowest BCUT2D eigenvalue weighted by atomic mass is 9.89. The summed E-state index contributed by atoms with van der Waals surface area (Å²) in [7, 11) is 0. The molecule has 0 aliphatic heterocycles. The lowest BCUT2D eigenvalue weighted by molar-refractivity contribution is -0.145. The monoisotopic (exact) mass is 228 g/mol. The molecule has 0 saturated heterocycles. The molecule has 1 rings (SSSR count). The number of hydrogen-bond donors (Lipinski definition) is 1. The van der Waals surface area contributed by atoms with Crippen LogP contribution in [0.3, 0.4) is 0 Å². The number of carbonyl (C=O) groups is 1. The summed E-state index contributed by atoms with van der Waals surface area (Å²) >= 11 is 5.33.